The van der Waals surface area contributed by atoms with Crippen molar-refractivity contribution in [2.75, 3.05) is 12.0 Å². The van der Waals surface area contributed by atoms with Gasteiger partial charge in [0.2, 0.25) is 0 Å². The molecule has 0 radical (unpaired) electrons. The molecule has 0 saturated carbocycles. The highest BCUT2D eigenvalue weighted by molar-refractivity contribution is 7.98. The van der Waals surface area contributed by atoms with Crippen LogP contribution in [0.4, 0.5) is 5.69 Å². The first-order valence-corrected chi connectivity index (χ1v) is 7.71. The van der Waals surface area contributed by atoms with E-state index in [9.17, 15) is 0 Å². The molecule has 0 amide bonds. The third kappa shape index (κ3) is 2.58. The molecule has 0 aliphatic heterocycles. The van der Waals surface area contributed by atoms with E-state index >= 15 is 0 Å². The summed E-state index contributed by atoms with van der Waals surface area (Å²) < 4.78 is 2.14. The second-order valence-electron chi connectivity index (χ2n) is 4.76. The fourth-order valence-electron chi connectivity index (χ4n) is 2.42. The average Bonchev–Trinajstić information content (AvgIpc) is 2.89. The molecule has 0 unspecified atom stereocenters. The van der Waals surface area contributed by atoms with Gasteiger partial charge in [0, 0.05) is 34.9 Å². The highest BCUT2D eigenvalue weighted by Gasteiger charge is 2.08. The molecule has 3 rings (SSSR count). The fourth-order valence-corrected chi connectivity index (χ4v) is 3.07. The van der Waals surface area contributed by atoms with Crippen LogP contribution in [-0.4, -0.2) is 15.8 Å². The van der Waals surface area contributed by atoms with Gasteiger partial charge in [-0.3, -0.25) is 0 Å². The number of benzene rings is 1. The van der Waals surface area contributed by atoms with Gasteiger partial charge in [-0.2, -0.15) is 5.26 Å². The first-order chi connectivity index (χ1) is 10.2. The highest BCUT2D eigenvalue weighted by Crippen LogP contribution is 2.30. The zero-order chi connectivity index (χ0) is 14.8. The number of nitrogens with two attached hydrogens (primary N) is 1. The average molecular weight is 294 g/mol. The zero-order valence-corrected chi connectivity index (χ0v) is 12.4. The lowest BCUT2D eigenvalue weighted by Crippen LogP contribution is -1.99. The van der Waals surface area contributed by atoms with Crippen molar-refractivity contribution in [3.63, 3.8) is 0 Å². The molecule has 2 heterocycles. The number of nitrogen functional groups attached to an aromatic ring is 1. The molecular formula is C16H14N4S. The van der Waals surface area contributed by atoms with Crippen molar-refractivity contribution in [2.45, 2.75) is 11.4 Å². The van der Waals surface area contributed by atoms with Crippen molar-refractivity contribution in [2.24, 2.45) is 0 Å². The molecule has 1 aromatic carbocycles. The molecule has 5 heteroatoms. The first-order valence-electron chi connectivity index (χ1n) is 6.48. The smallest absolute Gasteiger partial charge is 0.140 e. The van der Waals surface area contributed by atoms with Crippen molar-refractivity contribution in [3.8, 4) is 6.07 Å². The van der Waals surface area contributed by atoms with Crippen molar-refractivity contribution in [3.05, 3.63) is 54.0 Å². The van der Waals surface area contributed by atoms with E-state index in [0.29, 0.717) is 12.2 Å². The van der Waals surface area contributed by atoms with Crippen LogP contribution in [0, 0.1) is 11.3 Å². The Balaban J connectivity index is 2.05. The molecule has 2 aromatic heterocycles. The summed E-state index contributed by atoms with van der Waals surface area (Å²) in [6.07, 6.45) is 5.77. The summed E-state index contributed by atoms with van der Waals surface area (Å²) in [4.78, 5) is 5.17. The largest absolute Gasteiger partial charge is 0.399 e. The molecule has 4 nitrogen and oxygen atoms in total. The van der Waals surface area contributed by atoms with E-state index in [1.807, 2.05) is 30.5 Å². The topological polar surface area (TPSA) is 67.6 Å². The van der Waals surface area contributed by atoms with Crippen LogP contribution in [0.15, 0.2) is 47.6 Å². The van der Waals surface area contributed by atoms with Gasteiger partial charge in [0.05, 0.1) is 5.52 Å². The molecule has 104 valence electrons. The van der Waals surface area contributed by atoms with Crippen LogP contribution in [-0.2, 0) is 6.54 Å². The van der Waals surface area contributed by atoms with E-state index in [1.54, 1.807) is 18.0 Å². The standard InChI is InChI=1S/C16H14N4S/c1-21-16-8-12(18)7-15-14(16)3-5-20(15)10-11-2-4-19-13(6-11)9-17/h2-8H,10,18H2,1H3. The van der Waals surface area contributed by atoms with Crippen molar-refractivity contribution in [1.82, 2.24) is 9.55 Å². The number of anilines is 1. The summed E-state index contributed by atoms with van der Waals surface area (Å²) in [5, 5.41) is 10.1. The van der Waals surface area contributed by atoms with E-state index < -0.39 is 0 Å². The summed E-state index contributed by atoms with van der Waals surface area (Å²) in [6.45, 7) is 0.692. The number of hydrogen-bond donors (Lipinski definition) is 1. The maximum Gasteiger partial charge on any atom is 0.140 e. The summed E-state index contributed by atoms with van der Waals surface area (Å²) in [5.41, 5.74) is 9.34. The lowest BCUT2D eigenvalue weighted by atomic mass is 10.2. The first kappa shape index (κ1) is 13.5. The highest BCUT2D eigenvalue weighted by atomic mass is 32.2. The van der Waals surface area contributed by atoms with E-state index in [2.05, 4.69) is 27.9 Å². The molecular weight excluding hydrogens is 280 g/mol. The summed E-state index contributed by atoms with van der Waals surface area (Å²) in [7, 11) is 0. The Morgan fingerprint density at radius 3 is 2.95 bits per heavy atom. The van der Waals surface area contributed by atoms with E-state index in [4.69, 9.17) is 11.0 Å². The van der Waals surface area contributed by atoms with Gasteiger partial charge >= 0.3 is 0 Å². The SMILES string of the molecule is CSc1cc(N)cc2c1ccn2Cc1ccnc(C#N)c1. The predicted octanol–water partition coefficient (Wildman–Crippen LogP) is 3.26. The van der Waals surface area contributed by atoms with E-state index in [0.717, 1.165) is 16.8 Å². The second-order valence-corrected chi connectivity index (χ2v) is 5.61. The van der Waals surface area contributed by atoms with Gasteiger partial charge in [-0.05, 0) is 42.2 Å². The van der Waals surface area contributed by atoms with Gasteiger partial charge in [-0.25, -0.2) is 4.98 Å². The van der Waals surface area contributed by atoms with Gasteiger partial charge in [-0.15, -0.1) is 11.8 Å². The third-order valence-corrected chi connectivity index (χ3v) is 4.16. The van der Waals surface area contributed by atoms with Gasteiger partial charge in [0.1, 0.15) is 11.8 Å². The number of aromatic nitrogens is 2. The zero-order valence-electron chi connectivity index (χ0n) is 11.6. The monoisotopic (exact) mass is 294 g/mol. The minimum absolute atomic E-state index is 0.438. The van der Waals surface area contributed by atoms with Crippen molar-refractivity contribution in [1.29, 1.82) is 5.26 Å². The molecule has 0 fully saturated rings. The van der Waals surface area contributed by atoms with Gasteiger partial charge in [-0.1, -0.05) is 0 Å². The Labute approximate surface area is 127 Å². The quantitative estimate of drug-likeness (QED) is 0.594. The van der Waals surface area contributed by atoms with Crippen molar-refractivity contribution < 1.29 is 0 Å². The van der Waals surface area contributed by atoms with Crippen LogP contribution in [0.5, 0.6) is 0 Å². The van der Waals surface area contributed by atoms with Crippen LogP contribution < -0.4 is 5.73 Å². The lowest BCUT2D eigenvalue weighted by Gasteiger charge is -2.08. The molecule has 2 N–H and O–H groups in total. The Kier molecular flexibility index (Phi) is 3.55. The number of rotatable bonds is 3. The van der Waals surface area contributed by atoms with Gasteiger partial charge in [0.15, 0.2) is 0 Å². The second kappa shape index (κ2) is 5.51. The number of pyridine rings is 1. The van der Waals surface area contributed by atoms with Crippen molar-refractivity contribution >= 4 is 28.4 Å². The molecule has 0 saturated heterocycles. The number of hydrogen-bond acceptors (Lipinski definition) is 4. The maximum absolute atomic E-state index is 8.93. The normalized spacial score (nSPS) is 10.7. The molecule has 0 spiro atoms. The predicted molar refractivity (Wildman–Crippen MR) is 86.2 cm³/mol. The molecule has 0 aliphatic carbocycles. The summed E-state index contributed by atoms with van der Waals surface area (Å²) in [6, 6.07) is 11.9. The lowest BCUT2D eigenvalue weighted by molar-refractivity contribution is 0.834. The van der Waals surface area contributed by atoms with Crippen LogP contribution in [0.25, 0.3) is 10.9 Å². The Morgan fingerprint density at radius 1 is 1.33 bits per heavy atom. The molecule has 0 aliphatic rings. The number of thioether (sulfide) groups is 1. The van der Waals surface area contributed by atoms with Crippen LogP contribution in [0.3, 0.4) is 0 Å². The van der Waals surface area contributed by atoms with Crippen LogP contribution >= 0.6 is 11.8 Å². The Morgan fingerprint density at radius 2 is 2.19 bits per heavy atom. The molecule has 0 bridgehead atoms. The third-order valence-electron chi connectivity index (χ3n) is 3.38. The number of nitrogens with zero attached hydrogens (tertiary/aromatic N) is 3. The Bertz CT molecular complexity index is 845. The Hall–Kier alpha value is -2.45. The number of nitriles is 1. The molecule has 3 aromatic rings. The van der Waals surface area contributed by atoms with E-state index in [1.165, 1.54) is 10.3 Å². The minimum atomic E-state index is 0.438. The maximum atomic E-state index is 8.93. The number of fused-ring (bicyclic) bond motifs is 1. The van der Waals surface area contributed by atoms with Crippen LogP contribution in [0.1, 0.15) is 11.3 Å². The molecule has 0 atom stereocenters. The summed E-state index contributed by atoms with van der Waals surface area (Å²) in [5.74, 6) is 0. The summed E-state index contributed by atoms with van der Waals surface area (Å²) >= 11 is 1.69. The fraction of sp³-hybridized carbons (Fsp3) is 0.125. The van der Waals surface area contributed by atoms with Gasteiger partial charge in [0.25, 0.3) is 0 Å². The van der Waals surface area contributed by atoms with Gasteiger partial charge < -0.3 is 10.3 Å². The minimum Gasteiger partial charge on any atom is -0.399 e. The van der Waals surface area contributed by atoms with E-state index in [-0.39, 0.29) is 0 Å². The molecule has 21 heavy (non-hydrogen) atoms. The van der Waals surface area contributed by atoms with Crippen LogP contribution in [0.2, 0.25) is 0 Å².